The Bertz CT molecular complexity index is 1040. The zero-order valence-electron chi connectivity index (χ0n) is 21.3. The van der Waals surface area contributed by atoms with E-state index in [1.54, 1.807) is 6.07 Å². The van der Waals surface area contributed by atoms with Crippen molar-refractivity contribution in [2.24, 2.45) is 17.6 Å². The van der Waals surface area contributed by atoms with Crippen LogP contribution in [0.2, 0.25) is 0 Å². The van der Waals surface area contributed by atoms with E-state index in [9.17, 15) is 23.2 Å². The molecule has 2 amide bonds. The Labute approximate surface area is 216 Å². The summed E-state index contributed by atoms with van der Waals surface area (Å²) in [7, 11) is 0. The molecule has 4 atom stereocenters. The van der Waals surface area contributed by atoms with Crippen molar-refractivity contribution in [3.8, 4) is 0 Å². The zero-order valence-corrected chi connectivity index (χ0v) is 21.3. The van der Waals surface area contributed by atoms with Gasteiger partial charge in [0, 0.05) is 44.0 Å². The van der Waals surface area contributed by atoms with E-state index >= 15 is 0 Å². The lowest BCUT2D eigenvalue weighted by molar-refractivity contribution is -0.139. The van der Waals surface area contributed by atoms with Crippen LogP contribution in [0, 0.1) is 11.8 Å². The average Bonchev–Trinajstić information content (AvgIpc) is 3.63. The van der Waals surface area contributed by atoms with Gasteiger partial charge in [0.15, 0.2) is 5.78 Å². The van der Waals surface area contributed by atoms with Crippen LogP contribution >= 0.6 is 0 Å². The van der Waals surface area contributed by atoms with E-state index in [0.717, 1.165) is 64.1 Å². The Balaban J connectivity index is 1.52. The minimum atomic E-state index is -2.70. The van der Waals surface area contributed by atoms with Gasteiger partial charge in [0.2, 0.25) is 18.2 Å². The van der Waals surface area contributed by atoms with Crippen LogP contribution in [0.3, 0.4) is 0 Å². The van der Waals surface area contributed by atoms with Gasteiger partial charge in [-0.1, -0.05) is 19.8 Å². The number of hydrogen-bond acceptors (Lipinski definition) is 6. The molecular weight excluding hydrogens is 482 g/mol. The fourth-order valence-corrected chi connectivity index (χ4v) is 6.75. The molecule has 37 heavy (non-hydrogen) atoms. The number of likely N-dealkylation sites (N-methyl/N-ethyl adjacent to an activating group) is 1. The number of primary amides is 1. The number of nitrogens with two attached hydrogens (primary N) is 1. The summed E-state index contributed by atoms with van der Waals surface area (Å²) in [4.78, 5) is 45.3. The lowest BCUT2D eigenvalue weighted by atomic mass is 9.80. The molecule has 3 heterocycles. The normalized spacial score (nSPS) is 27.8. The number of Topliss-reactive ketones (excluding diaryl/α,β-unsaturated/α-hetero) is 1. The standard InChI is InChI=1S/C27H36F2N4O4/c1-2-31-9-11-32(12-10-31)17-7-8-18(26(30)35)19(13-17)22(16-5-3-4-6-16)27(36)33-14-20(25(28)29)24-23(33)21(34)15-37-24/h7-8,13,16,20,22-25H,2-6,9-12,14-15H2,1H3,(H2,30,35)/t20-,22-,23+,24+/m0/s1. The molecule has 2 N–H and O–H groups in total. The first kappa shape index (κ1) is 26.0. The SMILES string of the molecule is CCN1CCN(c2ccc(C(N)=O)c([C@@H](C(=O)N3C[C@H](C(F)F)[C@H]4OCC(=O)[C@H]43)C3CCCC3)c2)CC1. The van der Waals surface area contributed by atoms with Gasteiger partial charge in [0.05, 0.1) is 17.9 Å². The monoisotopic (exact) mass is 518 g/mol. The molecule has 4 aliphatic rings. The lowest BCUT2D eigenvalue weighted by Gasteiger charge is -2.36. The molecule has 202 valence electrons. The van der Waals surface area contributed by atoms with E-state index in [0.29, 0.717) is 5.56 Å². The number of halogens is 2. The highest BCUT2D eigenvalue weighted by Gasteiger charge is 2.56. The van der Waals surface area contributed by atoms with Crippen LogP contribution in [0.25, 0.3) is 0 Å². The Morgan fingerprint density at radius 3 is 2.46 bits per heavy atom. The van der Waals surface area contributed by atoms with E-state index < -0.39 is 36.3 Å². The molecule has 0 bridgehead atoms. The smallest absolute Gasteiger partial charge is 0.249 e. The zero-order chi connectivity index (χ0) is 26.3. The molecule has 1 saturated carbocycles. The van der Waals surface area contributed by atoms with E-state index in [-0.39, 0.29) is 36.3 Å². The van der Waals surface area contributed by atoms with Gasteiger partial charge in [-0.15, -0.1) is 0 Å². The Kier molecular flexibility index (Phi) is 7.49. The van der Waals surface area contributed by atoms with Gasteiger partial charge in [-0.3, -0.25) is 14.4 Å². The number of anilines is 1. The number of amides is 2. The predicted octanol–water partition coefficient (Wildman–Crippen LogP) is 2.26. The molecule has 1 aliphatic carbocycles. The first-order valence-electron chi connectivity index (χ1n) is 13.4. The minimum absolute atomic E-state index is 0.0562. The largest absolute Gasteiger partial charge is 0.369 e. The Hall–Kier alpha value is -2.59. The van der Waals surface area contributed by atoms with Gasteiger partial charge >= 0.3 is 0 Å². The van der Waals surface area contributed by atoms with Crippen molar-refractivity contribution in [3.05, 3.63) is 29.3 Å². The number of fused-ring (bicyclic) bond motifs is 1. The molecule has 4 fully saturated rings. The highest BCUT2D eigenvalue weighted by atomic mass is 19.3. The summed E-state index contributed by atoms with van der Waals surface area (Å²) < 4.78 is 33.1. The van der Waals surface area contributed by atoms with E-state index in [1.165, 1.54) is 4.90 Å². The van der Waals surface area contributed by atoms with Crippen molar-refractivity contribution < 1.29 is 27.9 Å². The molecule has 10 heteroatoms. The first-order chi connectivity index (χ1) is 17.8. The summed E-state index contributed by atoms with van der Waals surface area (Å²) in [5, 5.41) is 0. The molecule has 0 spiro atoms. The summed E-state index contributed by atoms with van der Waals surface area (Å²) in [6.07, 6.45) is -0.207. The van der Waals surface area contributed by atoms with Gasteiger partial charge in [-0.05, 0) is 49.1 Å². The highest BCUT2D eigenvalue weighted by Crippen LogP contribution is 2.44. The second-order valence-electron chi connectivity index (χ2n) is 10.8. The summed E-state index contributed by atoms with van der Waals surface area (Å²) in [5.74, 6) is -3.34. The maximum absolute atomic E-state index is 14.2. The summed E-state index contributed by atoms with van der Waals surface area (Å²) in [5.41, 5.74) is 7.51. The number of carbonyl (C=O) groups is 3. The number of carbonyl (C=O) groups excluding carboxylic acids is 3. The first-order valence-corrected chi connectivity index (χ1v) is 13.4. The van der Waals surface area contributed by atoms with Crippen LogP contribution in [-0.2, 0) is 14.3 Å². The number of benzene rings is 1. The molecule has 0 aromatic heterocycles. The third-order valence-electron chi connectivity index (χ3n) is 8.79. The van der Waals surface area contributed by atoms with Gasteiger partial charge in [-0.2, -0.15) is 0 Å². The van der Waals surface area contributed by atoms with Crippen LogP contribution in [0.15, 0.2) is 18.2 Å². The number of ketones is 1. The molecule has 5 rings (SSSR count). The van der Waals surface area contributed by atoms with Gasteiger partial charge in [0.1, 0.15) is 12.6 Å². The predicted molar refractivity (Wildman–Crippen MR) is 134 cm³/mol. The number of likely N-dealkylation sites (tertiary alicyclic amines) is 1. The fourth-order valence-electron chi connectivity index (χ4n) is 6.75. The maximum atomic E-state index is 14.2. The number of alkyl halides is 2. The lowest BCUT2D eigenvalue weighted by Crippen LogP contribution is -2.46. The third kappa shape index (κ3) is 4.85. The quantitative estimate of drug-likeness (QED) is 0.595. The van der Waals surface area contributed by atoms with E-state index in [1.807, 2.05) is 12.1 Å². The summed E-state index contributed by atoms with van der Waals surface area (Å²) in [6.45, 7) is 6.11. The molecule has 3 saturated heterocycles. The van der Waals surface area contributed by atoms with Crippen LogP contribution < -0.4 is 10.6 Å². The third-order valence-corrected chi connectivity index (χ3v) is 8.79. The molecule has 1 aromatic carbocycles. The fraction of sp³-hybridized carbons (Fsp3) is 0.667. The van der Waals surface area contributed by atoms with Crippen molar-refractivity contribution >= 4 is 23.3 Å². The van der Waals surface area contributed by atoms with Crippen LogP contribution in [0.4, 0.5) is 14.5 Å². The number of hydrogen-bond donors (Lipinski definition) is 1. The van der Waals surface area contributed by atoms with Gasteiger partial charge in [-0.25, -0.2) is 8.78 Å². The second-order valence-corrected chi connectivity index (χ2v) is 10.8. The van der Waals surface area contributed by atoms with E-state index in [4.69, 9.17) is 10.5 Å². The Morgan fingerprint density at radius 2 is 1.84 bits per heavy atom. The molecule has 0 radical (unpaired) electrons. The molecule has 3 aliphatic heterocycles. The van der Waals surface area contributed by atoms with E-state index in [2.05, 4.69) is 16.7 Å². The summed E-state index contributed by atoms with van der Waals surface area (Å²) >= 11 is 0. The second kappa shape index (κ2) is 10.6. The van der Waals surface area contributed by atoms with Gasteiger partial charge in [0.25, 0.3) is 0 Å². The van der Waals surface area contributed by atoms with Crippen LogP contribution in [0.1, 0.15) is 54.4 Å². The number of nitrogens with zero attached hydrogens (tertiary/aromatic N) is 3. The van der Waals surface area contributed by atoms with Crippen LogP contribution in [0.5, 0.6) is 0 Å². The number of ether oxygens (including phenoxy) is 1. The van der Waals surface area contributed by atoms with Crippen molar-refractivity contribution in [2.45, 2.75) is 57.1 Å². The molecule has 0 unspecified atom stereocenters. The molecular formula is C27H36F2N4O4. The maximum Gasteiger partial charge on any atom is 0.249 e. The van der Waals surface area contributed by atoms with Crippen molar-refractivity contribution in [1.82, 2.24) is 9.80 Å². The topological polar surface area (TPSA) is 96.2 Å². The molecule has 1 aromatic rings. The minimum Gasteiger partial charge on any atom is -0.369 e. The number of rotatable bonds is 7. The van der Waals surface area contributed by atoms with Crippen LogP contribution in [-0.4, -0.2) is 91.8 Å². The van der Waals surface area contributed by atoms with Gasteiger partial charge < -0.3 is 25.2 Å². The number of piperazine rings is 1. The van der Waals surface area contributed by atoms with Crippen molar-refractivity contribution in [3.63, 3.8) is 0 Å². The Morgan fingerprint density at radius 1 is 1.14 bits per heavy atom. The molecule has 8 nitrogen and oxygen atoms in total. The van der Waals surface area contributed by atoms with Crippen molar-refractivity contribution in [2.75, 3.05) is 50.8 Å². The highest BCUT2D eigenvalue weighted by molar-refractivity contribution is 5.99. The average molecular weight is 519 g/mol. The summed E-state index contributed by atoms with van der Waals surface area (Å²) in [6, 6.07) is 4.45. The van der Waals surface area contributed by atoms with Crippen molar-refractivity contribution in [1.29, 1.82) is 0 Å².